The largest absolute Gasteiger partial charge is 0.462 e. The average Bonchev–Trinajstić information content (AvgIpc) is 2.59. The molecule has 0 saturated heterocycles. The van der Waals surface area contributed by atoms with Gasteiger partial charge in [-0.25, -0.2) is 0 Å². The van der Waals surface area contributed by atoms with Crippen molar-refractivity contribution in [1.82, 2.24) is 0 Å². The van der Waals surface area contributed by atoms with Crippen molar-refractivity contribution in [2.24, 2.45) is 23.7 Å². The molecule has 3 fully saturated rings. The van der Waals surface area contributed by atoms with Crippen LogP contribution in [0.25, 0.3) is 0 Å². The van der Waals surface area contributed by atoms with Gasteiger partial charge in [-0.1, -0.05) is 51.9 Å². The summed E-state index contributed by atoms with van der Waals surface area (Å²) in [6, 6.07) is 0. The Morgan fingerprint density at radius 1 is 0.783 bits per heavy atom. The van der Waals surface area contributed by atoms with E-state index in [0.717, 1.165) is 43.4 Å². The van der Waals surface area contributed by atoms with Crippen molar-refractivity contribution in [2.75, 3.05) is 0 Å². The molecule has 0 N–H and O–H groups in total. The van der Waals surface area contributed by atoms with Crippen molar-refractivity contribution in [3.8, 4) is 0 Å². The molecule has 2 nitrogen and oxygen atoms in total. The van der Waals surface area contributed by atoms with Gasteiger partial charge in [0.05, 0.1) is 5.92 Å². The molecule has 3 aliphatic rings. The third kappa shape index (κ3) is 5.22. The van der Waals surface area contributed by atoms with Gasteiger partial charge in [-0.05, 0) is 62.7 Å². The van der Waals surface area contributed by atoms with Crippen molar-refractivity contribution in [1.29, 1.82) is 0 Å². The zero-order valence-corrected chi connectivity index (χ0v) is 15.1. The molecule has 3 saturated carbocycles. The van der Waals surface area contributed by atoms with E-state index in [1.165, 1.54) is 64.2 Å². The second-order valence-electron chi connectivity index (χ2n) is 8.78. The topological polar surface area (TPSA) is 26.3 Å². The first-order valence-corrected chi connectivity index (χ1v) is 10.4. The highest BCUT2D eigenvalue weighted by atomic mass is 16.5. The highest BCUT2D eigenvalue weighted by molar-refractivity contribution is 5.72. The number of carbonyl (C=O) groups excluding carboxylic acids is 1. The van der Waals surface area contributed by atoms with Gasteiger partial charge in [-0.3, -0.25) is 4.79 Å². The first kappa shape index (κ1) is 17.3. The lowest BCUT2D eigenvalue weighted by Gasteiger charge is -2.33. The van der Waals surface area contributed by atoms with Gasteiger partial charge in [0.25, 0.3) is 0 Å². The van der Waals surface area contributed by atoms with Crippen LogP contribution in [0.3, 0.4) is 0 Å². The molecule has 23 heavy (non-hydrogen) atoms. The number of rotatable bonds is 4. The molecule has 0 heterocycles. The van der Waals surface area contributed by atoms with E-state index in [2.05, 4.69) is 6.92 Å². The minimum atomic E-state index is 0.120. The molecule has 3 rings (SSSR count). The van der Waals surface area contributed by atoms with E-state index in [4.69, 9.17) is 4.74 Å². The van der Waals surface area contributed by atoms with Gasteiger partial charge in [0, 0.05) is 0 Å². The molecule has 132 valence electrons. The van der Waals surface area contributed by atoms with Gasteiger partial charge >= 0.3 is 5.97 Å². The number of ether oxygens (including phenoxy) is 1. The Morgan fingerprint density at radius 2 is 1.35 bits per heavy atom. The van der Waals surface area contributed by atoms with Crippen LogP contribution in [0.15, 0.2) is 0 Å². The van der Waals surface area contributed by atoms with Gasteiger partial charge in [-0.15, -0.1) is 0 Å². The van der Waals surface area contributed by atoms with Crippen LogP contribution < -0.4 is 0 Å². The number of esters is 1. The average molecular weight is 321 g/mol. The Bertz CT molecular complexity index is 356. The summed E-state index contributed by atoms with van der Waals surface area (Å²) in [5, 5.41) is 0. The molecule has 0 atom stereocenters. The van der Waals surface area contributed by atoms with Crippen LogP contribution in [0, 0.1) is 23.7 Å². The van der Waals surface area contributed by atoms with Crippen LogP contribution in [0.2, 0.25) is 0 Å². The van der Waals surface area contributed by atoms with Crippen LogP contribution >= 0.6 is 0 Å². The van der Waals surface area contributed by atoms with E-state index in [0.29, 0.717) is 0 Å². The molecular formula is C21H36O2. The zero-order chi connectivity index (χ0) is 16.1. The van der Waals surface area contributed by atoms with Crippen LogP contribution in [0.5, 0.6) is 0 Å². The first-order chi connectivity index (χ1) is 11.2. The lowest BCUT2D eigenvalue weighted by atomic mass is 9.75. The highest BCUT2D eigenvalue weighted by Gasteiger charge is 2.29. The van der Waals surface area contributed by atoms with E-state index < -0.39 is 0 Å². The molecule has 0 aromatic rings. The van der Waals surface area contributed by atoms with Crippen molar-refractivity contribution in [3.05, 3.63) is 0 Å². The van der Waals surface area contributed by atoms with Crippen LogP contribution in [0.1, 0.15) is 96.8 Å². The number of hydrogen-bond acceptors (Lipinski definition) is 2. The van der Waals surface area contributed by atoms with Crippen molar-refractivity contribution >= 4 is 5.97 Å². The van der Waals surface area contributed by atoms with Crippen molar-refractivity contribution in [2.45, 2.75) is 103 Å². The summed E-state index contributed by atoms with van der Waals surface area (Å²) < 4.78 is 5.84. The quantitative estimate of drug-likeness (QED) is 0.604. The first-order valence-electron chi connectivity index (χ1n) is 10.4. The normalized spacial score (nSPS) is 36.6. The monoisotopic (exact) mass is 320 g/mol. The maximum absolute atomic E-state index is 12.3. The predicted molar refractivity (Wildman–Crippen MR) is 94.2 cm³/mol. The molecule has 0 aromatic carbocycles. The van der Waals surface area contributed by atoms with E-state index >= 15 is 0 Å². The molecule has 0 aromatic heterocycles. The van der Waals surface area contributed by atoms with Gasteiger partial charge in [0.15, 0.2) is 0 Å². The molecular weight excluding hydrogens is 284 g/mol. The van der Waals surface area contributed by atoms with Gasteiger partial charge in [-0.2, -0.15) is 0 Å². The molecule has 0 unspecified atom stereocenters. The lowest BCUT2D eigenvalue weighted by molar-refractivity contribution is -0.157. The molecule has 3 aliphatic carbocycles. The maximum atomic E-state index is 12.3. The summed E-state index contributed by atoms with van der Waals surface area (Å²) in [5.74, 6) is 3.18. The summed E-state index contributed by atoms with van der Waals surface area (Å²) in [4.78, 5) is 12.3. The zero-order valence-electron chi connectivity index (χ0n) is 15.1. The lowest BCUT2D eigenvalue weighted by Crippen LogP contribution is -2.29. The standard InChI is InChI=1S/C21H36O2/c1-16-7-9-17(10-8-16)15-18-11-13-20(14-12-18)23-21(22)19-5-3-2-4-6-19/h16-20H,2-15H2,1H3. The SMILES string of the molecule is CC1CCC(CC2CCC(OC(=O)C3CCCCC3)CC2)CC1. The van der Waals surface area contributed by atoms with E-state index in [-0.39, 0.29) is 18.0 Å². The van der Waals surface area contributed by atoms with Gasteiger partial charge < -0.3 is 4.74 Å². The summed E-state index contributed by atoms with van der Waals surface area (Å²) >= 11 is 0. The fourth-order valence-corrected chi connectivity index (χ4v) is 5.12. The predicted octanol–water partition coefficient (Wildman–Crippen LogP) is 5.89. The third-order valence-corrected chi connectivity index (χ3v) is 6.82. The fraction of sp³-hybridized carbons (Fsp3) is 0.952. The van der Waals surface area contributed by atoms with Crippen molar-refractivity contribution in [3.63, 3.8) is 0 Å². The molecule has 0 radical (unpaired) electrons. The van der Waals surface area contributed by atoms with Gasteiger partial charge in [0.1, 0.15) is 6.10 Å². The van der Waals surface area contributed by atoms with Crippen LogP contribution in [-0.2, 0) is 9.53 Å². The minimum absolute atomic E-state index is 0.120. The maximum Gasteiger partial charge on any atom is 0.309 e. The fourth-order valence-electron chi connectivity index (χ4n) is 5.12. The number of carbonyl (C=O) groups is 1. The Balaban J connectivity index is 1.34. The van der Waals surface area contributed by atoms with Crippen LogP contribution in [-0.4, -0.2) is 12.1 Å². The summed E-state index contributed by atoms with van der Waals surface area (Å²) in [5.41, 5.74) is 0. The van der Waals surface area contributed by atoms with E-state index in [9.17, 15) is 4.79 Å². The minimum Gasteiger partial charge on any atom is -0.462 e. The second kappa shape index (κ2) is 8.53. The molecule has 0 spiro atoms. The summed E-state index contributed by atoms with van der Waals surface area (Å²) in [7, 11) is 0. The summed E-state index contributed by atoms with van der Waals surface area (Å²) in [6.07, 6.45) is 18.1. The van der Waals surface area contributed by atoms with Crippen molar-refractivity contribution < 1.29 is 9.53 Å². The van der Waals surface area contributed by atoms with Gasteiger partial charge in [0.2, 0.25) is 0 Å². The summed E-state index contributed by atoms with van der Waals surface area (Å²) in [6.45, 7) is 2.40. The Hall–Kier alpha value is -0.530. The van der Waals surface area contributed by atoms with E-state index in [1.807, 2.05) is 0 Å². The highest BCUT2D eigenvalue weighted by Crippen LogP contribution is 2.37. The molecule has 0 aliphatic heterocycles. The number of hydrogen-bond donors (Lipinski definition) is 0. The molecule has 0 bridgehead atoms. The Morgan fingerprint density at radius 3 is 1.96 bits per heavy atom. The Kier molecular flexibility index (Phi) is 6.42. The van der Waals surface area contributed by atoms with E-state index in [1.54, 1.807) is 0 Å². The third-order valence-electron chi connectivity index (χ3n) is 6.82. The second-order valence-corrected chi connectivity index (χ2v) is 8.78. The smallest absolute Gasteiger partial charge is 0.309 e. The molecule has 0 amide bonds. The van der Waals surface area contributed by atoms with Crippen LogP contribution in [0.4, 0.5) is 0 Å². The molecule has 2 heteroatoms. The Labute approximate surface area is 142 Å².